The zero-order valence-electron chi connectivity index (χ0n) is 23.7. The fraction of sp³-hybridized carbons (Fsp3) is 0.800. The number of esters is 1. The summed E-state index contributed by atoms with van der Waals surface area (Å²) in [5, 5.41) is 0. The van der Waals surface area contributed by atoms with E-state index in [1.807, 2.05) is 6.07 Å². The molecule has 4 rings (SSSR count). The standard InChI is InChI=1S/C30H48NO5P/c1-19(2)24-11-9-21(5)27(16-24)35-37(33,36-28-17-25(20(3)4)12-10-22(28)6)30(26-8-7-15-31-18-26)34-29(32)23-13-14-23/h7-8,15,18-25,27-28,30H,9-14,16-17H2,1-6H3. The number of pyridine rings is 1. The summed E-state index contributed by atoms with van der Waals surface area (Å²) in [6, 6.07) is 3.60. The third-order valence-electron chi connectivity index (χ3n) is 9.17. The molecule has 7 heteroatoms. The van der Waals surface area contributed by atoms with E-state index in [2.05, 4.69) is 46.5 Å². The highest BCUT2D eigenvalue weighted by molar-refractivity contribution is 7.54. The average Bonchev–Trinajstić information content (AvgIpc) is 3.71. The Morgan fingerprint density at radius 1 is 0.892 bits per heavy atom. The van der Waals surface area contributed by atoms with Crippen molar-refractivity contribution in [2.45, 2.75) is 111 Å². The number of ether oxygens (including phenoxy) is 1. The Morgan fingerprint density at radius 3 is 1.86 bits per heavy atom. The molecular formula is C30H48NO5P. The Balaban J connectivity index is 1.68. The maximum atomic E-state index is 15.1. The van der Waals surface area contributed by atoms with Crippen LogP contribution in [0.25, 0.3) is 0 Å². The van der Waals surface area contributed by atoms with Gasteiger partial charge in [-0.2, -0.15) is 0 Å². The number of hydrogen-bond donors (Lipinski definition) is 0. The van der Waals surface area contributed by atoms with Crippen LogP contribution in [0.4, 0.5) is 0 Å². The van der Waals surface area contributed by atoms with Crippen molar-refractivity contribution in [1.29, 1.82) is 0 Å². The Hall–Kier alpha value is -1.23. The zero-order valence-corrected chi connectivity index (χ0v) is 24.6. The minimum absolute atomic E-state index is 0.120. The smallest absolute Gasteiger partial charge is 0.376 e. The van der Waals surface area contributed by atoms with Crippen LogP contribution in [0, 0.1) is 41.4 Å². The summed E-state index contributed by atoms with van der Waals surface area (Å²) >= 11 is 0. The highest BCUT2D eigenvalue weighted by Crippen LogP contribution is 2.65. The van der Waals surface area contributed by atoms with Gasteiger partial charge in [-0.3, -0.25) is 14.3 Å². The van der Waals surface area contributed by atoms with Crippen molar-refractivity contribution in [3.63, 3.8) is 0 Å². The molecule has 7 unspecified atom stereocenters. The summed E-state index contributed by atoms with van der Waals surface area (Å²) in [5.74, 6) is 1.07. The Kier molecular flexibility index (Phi) is 9.57. The third-order valence-corrected chi connectivity index (χ3v) is 11.3. The van der Waals surface area contributed by atoms with E-state index in [4.69, 9.17) is 13.8 Å². The number of rotatable bonds is 10. The first kappa shape index (κ1) is 28.8. The fourth-order valence-electron chi connectivity index (χ4n) is 6.00. The number of hydrogen-bond acceptors (Lipinski definition) is 6. The van der Waals surface area contributed by atoms with Gasteiger partial charge in [0.1, 0.15) is 0 Å². The predicted molar refractivity (Wildman–Crippen MR) is 146 cm³/mol. The van der Waals surface area contributed by atoms with Crippen LogP contribution in [-0.4, -0.2) is 23.2 Å². The second-order valence-corrected chi connectivity index (χ2v) is 14.7. The summed E-state index contributed by atoms with van der Waals surface area (Å²) in [6.45, 7) is 13.4. The van der Waals surface area contributed by atoms with Gasteiger partial charge in [-0.25, -0.2) is 0 Å². The number of carbonyl (C=O) groups is 1. The van der Waals surface area contributed by atoms with Crippen LogP contribution in [0.15, 0.2) is 24.5 Å². The lowest BCUT2D eigenvalue weighted by Crippen LogP contribution is -2.35. The molecule has 1 aromatic rings. The average molecular weight is 534 g/mol. The van der Waals surface area contributed by atoms with Crippen molar-refractivity contribution in [2.75, 3.05) is 0 Å². The lowest BCUT2D eigenvalue weighted by molar-refractivity contribution is -0.149. The lowest BCUT2D eigenvalue weighted by Gasteiger charge is -2.42. The maximum Gasteiger partial charge on any atom is 0.376 e. The van der Waals surface area contributed by atoms with E-state index < -0.39 is 13.4 Å². The van der Waals surface area contributed by atoms with Crippen LogP contribution in [0.3, 0.4) is 0 Å². The van der Waals surface area contributed by atoms with Gasteiger partial charge in [-0.15, -0.1) is 0 Å². The zero-order chi connectivity index (χ0) is 26.7. The summed E-state index contributed by atoms with van der Waals surface area (Å²) in [5.41, 5.74) is 0.576. The highest BCUT2D eigenvalue weighted by atomic mass is 31.2. The minimum atomic E-state index is -3.93. The lowest BCUT2D eigenvalue weighted by atomic mass is 9.76. The molecule has 3 saturated carbocycles. The maximum absolute atomic E-state index is 15.1. The van der Waals surface area contributed by atoms with Crippen molar-refractivity contribution >= 4 is 13.6 Å². The molecule has 37 heavy (non-hydrogen) atoms. The number of carbonyl (C=O) groups excluding carboxylic acids is 1. The quantitative estimate of drug-likeness (QED) is 0.223. The molecule has 208 valence electrons. The first-order valence-electron chi connectivity index (χ1n) is 14.6. The molecule has 0 aliphatic heterocycles. The third kappa shape index (κ3) is 7.25. The van der Waals surface area contributed by atoms with Crippen LogP contribution >= 0.6 is 7.60 Å². The van der Waals surface area contributed by atoms with E-state index >= 15 is 4.57 Å². The molecule has 6 nitrogen and oxygen atoms in total. The number of nitrogens with zero attached hydrogens (tertiary/aromatic N) is 1. The van der Waals surface area contributed by atoms with Gasteiger partial charge < -0.3 is 13.8 Å². The Morgan fingerprint density at radius 2 is 1.43 bits per heavy atom. The molecule has 0 saturated heterocycles. The monoisotopic (exact) mass is 533 g/mol. The molecule has 7 atom stereocenters. The molecule has 3 aliphatic rings. The van der Waals surface area contributed by atoms with E-state index in [0.29, 0.717) is 29.2 Å². The van der Waals surface area contributed by atoms with Crippen LogP contribution in [0.5, 0.6) is 0 Å². The molecular weight excluding hydrogens is 485 g/mol. The molecule has 0 spiro atoms. The molecule has 3 aliphatic carbocycles. The Bertz CT molecular complexity index is 895. The molecule has 1 heterocycles. The summed E-state index contributed by atoms with van der Waals surface area (Å²) in [7, 11) is -3.93. The molecule has 1 aromatic heterocycles. The van der Waals surface area contributed by atoms with Crippen LogP contribution in [-0.2, 0) is 23.1 Å². The van der Waals surface area contributed by atoms with E-state index in [0.717, 1.165) is 51.4 Å². The largest absolute Gasteiger partial charge is 0.444 e. The van der Waals surface area contributed by atoms with Gasteiger partial charge in [0.25, 0.3) is 0 Å². The van der Waals surface area contributed by atoms with Gasteiger partial charge in [0.15, 0.2) is 0 Å². The fourth-order valence-corrected chi connectivity index (χ4v) is 8.37. The van der Waals surface area contributed by atoms with Crippen molar-refractivity contribution in [1.82, 2.24) is 4.98 Å². The molecule has 0 radical (unpaired) electrons. The van der Waals surface area contributed by atoms with Crippen molar-refractivity contribution < 1.29 is 23.1 Å². The Labute approximate surface area is 224 Å². The second-order valence-electron chi connectivity index (χ2n) is 12.8. The van der Waals surface area contributed by atoms with Gasteiger partial charge >= 0.3 is 13.6 Å². The van der Waals surface area contributed by atoms with Gasteiger partial charge in [0, 0.05) is 18.0 Å². The SMILES string of the molecule is CC(C)C1CCC(C)C(OP(=O)(OC2CC(C(C)C)CCC2C)C(OC(=O)C2CC2)c2cccnc2)C1. The summed E-state index contributed by atoms with van der Waals surface area (Å²) < 4.78 is 34.5. The molecule has 0 bridgehead atoms. The van der Waals surface area contributed by atoms with E-state index in [1.54, 1.807) is 18.5 Å². The molecule has 3 fully saturated rings. The van der Waals surface area contributed by atoms with Gasteiger partial charge in [-0.05, 0) is 92.9 Å². The van der Waals surface area contributed by atoms with Crippen molar-refractivity contribution in [3.8, 4) is 0 Å². The van der Waals surface area contributed by atoms with Gasteiger partial charge in [0.2, 0.25) is 5.85 Å². The van der Waals surface area contributed by atoms with E-state index in [-0.39, 0.29) is 35.9 Å². The minimum Gasteiger partial charge on any atom is -0.444 e. The van der Waals surface area contributed by atoms with E-state index in [9.17, 15) is 4.79 Å². The van der Waals surface area contributed by atoms with Crippen LogP contribution < -0.4 is 0 Å². The van der Waals surface area contributed by atoms with Crippen molar-refractivity contribution in [2.24, 2.45) is 41.4 Å². The first-order valence-corrected chi connectivity index (χ1v) is 16.3. The first-order chi connectivity index (χ1) is 17.6. The molecule has 0 aromatic carbocycles. The van der Waals surface area contributed by atoms with E-state index in [1.165, 1.54) is 0 Å². The summed E-state index contributed by atoms with van der Waals surface area (Å²) in [4.78, 5) is 17.2. The topological polar surface area (TPSA) is 74.7 Å². The van der Waals surface area contributed by atoms with Gasteiger partial charge in [-0.1, -0.05) is 47.6 Å². The van der Waals surface area contributed by atoms with Crippen molar-refractivity contribution in [3.05, 3.63) is 30.1 Å². The molecule has 0 N–H and O–H groups in total. The van der Waals surface area contributed by atoms with Crippen LogP contribution in [0.2, 0.25) is 0 Å². The second kappa shape index (κ2) is 12.3. The van der Waals surface area contributed by atoms with Crippen LogP contribution in [0.1, 0.15) is 104 Å². The molecule has 0 amide bonds. The normalized spacial score (nSPS) is 33.2. The predicted octanol–water partition coefficient (Wildman–Crippen LogP) is 8.18. The highest BCUT2D eigenvalue weighted by Gasteiger charge is 2.49. The summed E-state index contributed by atoms with van der Waals surface area (Å²) in [6.07, 6.45) is 10.6. The number of aromatic nitrogens is 1. The van der Waals surface area contributed by atoms with Gasteiger partial charge in [0.05, 0.1) is 18.1 Å².